The van der Waals surface area contributed by atoms with Crippen molar-refractivity contribution in [1.82, 2.24) is 4.98 Å². The summed E-state index contributed by atoms with van der Waals surface area (Å²) in [6.07, 6.45) is 1.92. The summed E-state index contributed by atoms with van der Waals surface area (Å²) < 4.78 is 6.75. The molecule has 0 aliphatic rings. The summed E-state index contributed by atoms with van der Waals surface area (Å²) in [4.78, 5) is 4.52. The van der Waals surface area contributed by atoms with Crippen LogP contribution in [0.5, 0.6) is 0 Å². The van der Waals surface area contributed by atoms with Gasteiger partial charge in [-0.3, -0.25) is 0 Å². The third kappa shape index (κ3) is 3.12. The van der Waals surface area contributed by atoms with Crippen LogP contribution >= 0.6 is 15.9 Å². The van der Waals surface area contributed by atoms with Crippen LogP contribution in [0.2, 0.25) is 0 Å². The van der Waals surface area contributed by atoms with Crippen LogP contribution in [0.25, 0.3) is 11.1 Å². The Morgan fingerprint density at radius 3 is 2.78 bits per heavy atom. The summed E-state index contributed by atoms with van der Waals surface area (Å²) in [6, 6.07) is 5.89. The largest absolute Gasteiger partial charge is 0.439 e. The second-order valence-corrected chi connectivity index (χ2v) is 5.99. The number of hydrogen-bond donors (Lipinski definition) is 1. The molecule has 1 unspecified atom stereocenters. The number of rotatable bonds is 5. The van der Waals surface area contributed by atoms with Crippen LogP contribution < -0.4 is 5.73 Å². The topological polar surface area (TPSA) is 52.0 Å². The molecule has 2 rings (SSSR count). The van der Waals surface area contributed by atoms with E-state index < -0.39 is 0 Å². The fraction of sp³-hybridized carbons (Fsp3) is 0.500. The van der Waals surface area contributed by atoms with Crippen molar-refractivity contribution in [1.29, 1.82) is 0 Å². The maximum absolute atomic E-state index is 5.81. The van der Waals surface area contributed by atoms with E-state index in [1.807, 2.05) is 18.2 Å². The van der Waals surface area contributed by atoms with Gasteiger partial charge in [-0.1, -0.05) is 19.9 Å². The smallest absolute Gasteiger partial charge is 0.195 e. The predicted molar refractivity (Wildman–Crippen MR) is 77.4 cm³/mol. The van der Waals surface area contributed by atoms with Gasteiger partial charge in [0.15, 0.2) is 11.5 Å². The van der Waals surface area contributed by atoms with E-state index in [9.17, 15) is 0 Å². The van der Waals surface area contributed by atoms with Gasteiger partial charge >= 0.3 is 0 Å². The van der Waals surface area contributed by atoms with Crippen LogP contribution in [0.3, 0.4) is 0 Å². The molecule has 0 aliphatic heterocycles. The maximum Gasteiger partial charge on any atom is 0.195 e. The Bertz CT molecular complexity index is 521. The van der Waals surface area contributed by atoms with Crippen molar-refractivity contribution in [2.24, 2.45) is 17.6 Å². The van der Waals surface area contributed by atoms with E-state index in [0.29, 0.717) is 18.4 Å². The Morgan fingerprint density at radius 2 is 2.17 bits per heavy atom. The molecule has 3 nitrogen and oxygen atoms in total. The fourth-order valence-corrected chi connectivity index (χ4v) is 2.66. The van der Waals surface area contributed by atoms with Crippen LogP contribution in [-0.4, -0.2) is 11.5 Å². The van der Waals surface area contributed by atoms with Crippen molar-refractivity contribution in [2.45, 2.75) is 26.7 Å². The number of aromatic nitrogens is 1. The molecular formula is C14H19BrN2O. The molecule has 1 aromatic carbocycles. The quantitative estimate of drug-likeness (QED) is 0.915. The standard InChI is InChI=1S/C14H19BrN2O/c1-9(2)6-10(8-16)7-13-17-12-5-3-4-11(15)14(12)18-13/h3-5,9-10H,6-8,16H2,1-2H3. The summed E-state index contributed by atoms with van der Waals surface area (Å²) >= 11 is 3.48. The van der Waals surface area contributed by atoms with E-state index in [1.165, 1.54) is 0 Å². The van der Waals surface area contributed by atoms with Crippen molar-refractivity contribution < 1.29 is 4.42 Å². The van der Waals surface area contributed by atoms with Crippen molar-refractivity contribution in [2.75, 3.05) is 6.54 Å². The first-order valence-corrected chi connectivity index (χ1v) is 7.13. The van der Waals surface area contributed by atoms with Crippen LogP contribution in [-0.2, 0) is 6.42 Å². The zero-order valence-electron chi connectivity index (χ0n) is 10.8. The van der Waals surface area contributed by atoms with Crippen molar-refractivity contribution in [3.63, 3.8) is 0 Å². The molecule has 2 aromatic rings. The van der Waals surface area contributed by atoms with Gasteiger partial charge in [-0.05, 0) is 52.9 Å². The van der Waals surface area contributed by atoms with E-state index in [0.717, 1.165) is 34.3 Å². The Labute approximate surface area is 116 Å². The average molecular weight is 311 g/mol. The second kappa shape index (κ2) is 5.85. The molecule has 0 spiro atoms. The second-order valence-electron chi connectivity index (χ2n) is 5.13. The zero-order chi connectivity index (χ0) is 13.1. The highest BCUT2D eigenvalue weighted by molar-refractivity contribution is 9.10. The minimum Gasteiger partial charge on any atom is -0.439 e. The molecule has 1 heterocycles. The third-order valence-electron chi connectivity index (χ3n) is 3.01. The minimum atomic E-state index is 0.442. The van der Waals surface area contributed by atoms with Gasteiger partial charge in [-0.15, -0.1) is 0 Å². The van der Waals surface area contributed by atoms with Crippen LogP contribution in [0.1, 0.15) is 26.2 Å². The first kappa shape index (κ1) is 13.6. The minimum absolute atomic E-state index is 0.442. The van der Waals surface area contributed by atoms with E-state index in [1.54, 1.807) is 0 Å². The molecule has 0 amide bonds. The lowest BCUT2D eigenvalue weighted by Gasteiger charge is -2.14. The number of hydrogen-bond acceptors (Lipinski definition) is 3. The van der Waals surface area contributed by atoms with Gasteiger partial charge in [-0.2, -0.15) is 0 Å². The Hall–Kier alpha value is -0.870. The van der Waals surface area contributed by atoms with E-state index in [2.05, 4.69) is 34.8 Å². The Morgan fingerprint density at radius 1 is 1.39 bits per heavy atom. The number of fused-ring (bicyclic) bond motifs is 1. The maximum atomic E-state index is 5.81. The van der Waals surface area contributed by atoms with Crippen LogP contribution in [0.15, 0.2) is 27.1 Å². The lowest BCUT2D eigenvalue weighted by molar-refractivity contribution is 0.380. The lowest BCUT2D eigenvalue weighted by Crippen LogP contribution is -2.18. The number of para-hydroxylation sites is 1. The van der Waals surface area contributed by atoms with E-state index in [4.69, 9.17) is 10.2 Å². The van der Waals surface area contributed by atoms with E-state index in [-0.39, 0.29) is 0 Å². The Balaban J connectivity index is 2.18. The number of halogens is 1. The molecule has 0 bridgehead atoms. The van der Waals surface area contributed by atoms with Crippen LogP contribution in [0, 0.1) is 11.8 Å². The zero-order valence-corrected chi connectivity index (χ0v) is 12.4. The summed E-state index contributed by atoms with van der Waals surface area (Å²) in [5.74, 6) is 1.87. The summed E-state index contributed by atoms with van der Waals surface area (Å²) in [7, 11) is 0. The first-order valence-electron chi connectivity index (χ1n) is 6.34. The number of benzene rings is 1. The van der Waals surface area contributed by atoms with Gasteiger partial charge in [0.1, 0.15) is 5.52 Å². The molecule has 0 saturated heterocycles. The number of nitrogens with two attached hydrogens (primary N) is 1. The molecule has 0 radical (unpaired) electrons. The van der Waals surface area contributed by atoms with Gasteiger partial charge in [0.05, 0.1) is 4.47 Å². The van der Waals surface area contributed by atoms with Gasteiger partial charge < -0.3 is 10.2 Å². The SMILES string of the molecule is CC(C)CC(CN)Cc1nc2cccc(Br)c2o1. The molecule has 0 fully saturated rings. The lowest BCUT2D eigenvalue weighted by atomic mass is 9.94. The number of oxazole rings is 1. The molecule has 18 heavy (non-hydrogen) atoms. The molecule has 1 atom stereocenters. The fourth-order valence-electron chi connectivity index (χ4n) is 2.23. The molecule has 4 heteroatoms. The van der Waals surface area contributed by atoms with E-state index >= 15 is 0 Å². The molecule has 0 saturated carbocycles. The monoisotopic (exact) mass is 310 g/mol. The van der Waals surface area contributed by atoms with Crippen molar-refractivity contribution in [3.05, 3.63) is 28.6 Å². The average Bonchev–Trinajstić information content (AvgIpc) is 2.71. The van der Waals surface area contributed by atoms with Crippen molar-refractivity contribution in [3.8, 4) is 0 Å². The van der Waals surface area contributed by atoms with Gasteiger partial charge in [0.2, 0.25) is 0 Å². The highest BCUT2D eigenvalue weighted by Crippen LogP contribution is 2.26. The third-order valence-corrected chi connectivity index (χ3v) is 3.64. The normalized spacial score (nSPS) is 13.4. The summed E-state index contributed by atoms with van der Waals surface area (Å²) in [5, 5.41) is 0. The highest BCUT2D eigenvalue weighted by Gasteiger charge is 2.15. The first-order chi connectivity index (χ1) is 8.60. The summed E-state index contributed by atoms with van der Waals surface area (Å²) in [5.41, 5.74) is 7.54. The molecule has 98 valence electrons. The molecule has 1 aromatic heterocycles. The predicted octanol–water partition coefficient (Wildman–Crippen LogP) is 3.75. The summed E-state index contributed by atoms with van der Waals surface area (Å²) in [6.45, 7) is 5.11. The highest BCUT2D eigenvalue weighted by atomic mass is 79.9. The molecule has 2 N–H and O–H groups in total. The van der Waals surface area contributed by atoms with Gasteiger partial charge in [0.25, 0.3) is 0 Å². The Kier molecular flexibility index (Phi) is 4.40. The molecule has 0 aliphatic carbocycles. The van der Waals surface area contributed by atoms with Gasteiger partial charge in [0, 0.05) is 6.42 Å². The van der Waals surface area contributed by atoms with Crippen LogP contribution in [0.4, 0.5) is 0 Å². The number of nitrogens with zero attached hydrogens (tertiary/aromatic N) is 1. The van der Waals surface area contributed by atoms with Gasteiger partial charge in [-0.25, -0.2) is 4.98 Å². The van der Waals surface area contributed by atoms with Crippen molar-refractivity contribution >= 4 is 27.0 Å². The molecular weight excluding hydrogens is 292 g/mol.